The fourth-order valence-corrected chi connectivity index (χ4v) is 2.52. The third-order valence-corrected chi connectivity index (χ3v) is 3.53. The third kappa shape index (κ3) is 1.93. The Balaban J connectivity index is 1.90. The van der Waals surface area contributed by atoms with Crippen molar-refractivity contribution in [1.29, 1.82) is 0 Å². The largest absolute Gasteiger partial charge is 0.298 e. The van der Waals surface area contributed by atoms with E-state index in [-0.39, 0.29) is 0 Å². The molecule has 0 bridgehead atoms. The van der Waals surface area contributed by atoms with Crippen molar-refractivity contribution >= 4 is 5.78 Å². The molecular formula is C11H19NO. The predicted octanol–water partition coefficient (Wildman–Crippen LogP) is 1.84. The smallest absolute Gasteiger partial charge is 0.149 e. The lowest BCUT2D eigenvalue weighted by atomic mass is 9.97. The standard InChI is InChI=1S/C11H19NO/c1-9-5-7-12(8-6-9)10-3-2-4-11(10)13/h9-10H,2-8H2,1H3. The lowest BCUT2D eigenvalue weighted by molar-refractivity contribution is -0.122. The Kier molecular flexibility index (Phi) is 2.68. The minimum atomic E-state index is 0.299. The molecule has 1 aliphatic carbocycles. The zero-order valence-corrected chi connectivity index (χ0v) is 8.46. The molecule has 2 nitrogen and oxygen atoms in total. The maximum atomic E-state index is 11.5. The van der Waals surface area contributed by atoms with Crippen molar-refractivity contribution < 1.29 is 4.79 Å². The normalized spacial score (nSPS) is 32.7. The molecule has 1 unspecified atom stereocenters. The topological polar surface area (TPSA) is 20.3 Å². The molecule has 2 heteroatoms. The number of hydrogen-bond acceptors (Lipinski definition) is 2. The first-order valence-electron chi connectivity index (χ1n) is 5.54. The summed E-state index contributed by atoms with van der Waals surface area (Å²) in [6.07, 6.45) is 5.63. The summed E-state index contributed by atoms with van der Waals surface area (Å²) >= 11 is 0. The SMILES string of the molecule is CC1CCN(C2CCCC2=O)CC1. The number of ketones is 1. The number of Topliss-reactive ketones (excluding diaryl/α,β-unsaturated/α-hetero) is 1. The molecule has 0 amide bonds. The highest BCUT2D eigenvalue weighted by Gasteiger charge is 2.31. The van der Waals surface area contributed by atoms with Gasteiger partial charge in [0.2, 0.25) is 0 Å². The second-order valence-electron chi connectivity index (χ2n) is 4.59. The number of carbonyl (C=O) groups excluding carboxylic acids is 1. The van der Waals surface area contributed by atoms with Gasteiger partial charge in [-0.3, -0.25) is 9.69 Å². The summed E-state index contributed by atoms with van der Waals surface area (Å²) in [5, 5.41) is 0. The monoisotopic (exact) mass is 181 g/mol. The third-order valence-electron chi connectivity index (χ3n) is 3.53. The molecular weight excluding hydrogens is 162 g/mol. The van der Waals surface area contributed by atoms with E-state index in [2.05, 4.69) is 11.8 Å². The van der Waals surface area contributed by atoms with Gasteiger partial charge in [-0.1, -0.05) is 6.92 Å². The lowest BCUT2D eigenvalue weighted by Gasteiger charge is -2.33. The molecule has 0 aromatic heterocycles. The minimum absolute atomic E-state index is 0.299. The Morgan fingerprint density at radius 3 is 2.46 bits per heavy atom. The molecule has 1 heterocycles. The second kappa shape index (κ2) is 3.79. The highest BCUT2D eigenvalue weighted by atomic mass is 16.1. The first kappa shape index (κ1) is 9.20. The average molecular weight is 181 g/mol. The van der Waals surface area contributed by atoms with Crippen LogP contribution in [0.5, 0.6) is 0 Å². The summed E-state index contributed by atoms with van der Waals surface area (Å²) < 4.78 is 0. The zero-order valence-electron chi connectivity index (χ0n) is 8.46. The van der Waals surface area contributed by atoms with Gasteiger partial charge < -0.3 is 0 Å². The van der Waals surface area contributed by atoms with E-state index in [4.69, 9.17) is 0 Å². The van der Waals surface area contributed by atoms with Crippen molar-refractivity contribution in [2.24, 2.45) is 5.92 Å². The summed E-state index contributed by atoms with van der Waals surface area (Å²) in [7, 11) is 0. The number of likely N-dealkylation sites (tertiary alicyclic amines) is 1. The molecule has 2 rings (SSSR count). The number of rotatable bonds is 1. The fraction of sp³-hybridized carbons (Fsp3) is 0.909. The van der Waals surface area contributed by atoms with E-state index >= 15 is 0 Å². The van der Waals surface area contributed by atoms with E-state index in [1.807, 2.05) is 0 Å². The summed E-state index contributed by atoms with van der Waals surface area (Å²) in [6.45, 7) is 4.61. The van der Waals surface area contributed by atoms with Crippen LogP contribution in [0.1, 0.15) is 39.0 Å². The van der Waals surface area contributed by atoms with Crippen molar-refractivity contribution in [2.75, 3.05) is 13.1 Å². The molecule has 1 saturated heterocycles. The quantitative estimate of drug-likeness (QED) is 0.615. The Bertz CT molecular complexity index is 194. The molecule has 74 valence electrons. The van der Waals surface area contributed by atoms with E-state index in [0.29, 0.717) is 11.8 Å². The van der Waals surface area contributed by atoms with Crippen LogP contribution < -0.4 is 0 Å². The Morgan fingerprint density at radius 2 is 1.92 bits per heavy atom. The number of piperidine rings is 1. The van der Waals surface area contributed by atoms with Gasteiger partial charge in [-0.25, -0.2) is 0 Å². The van der Waals surface area contributed by atoms with Gasteiger partial charge in [-0.15, -0.1) is 0 Å². The summed E-state index contributed by atoms with van der Waals surface area (Å²) in [5.41, 5.74) is 0. The number of hydrogen-bond donors (Lipinski definition) is 0. The highest BCUT2D eigenvalue weighted by molar-refractivity contribution is 5.85. The van der Waals surface area contributed by atoms with E-state index < -0.39 is 0 Å². The van der Waals surface area contributed by atoms with Crippen LogP contribution in [0.2, 0.25) is 0 Å². The van der Waals surface area contributed by atoms with Crippen LogP contribution in [0.3, 0.4) is 0 Å². The van der Waals surface area contributed by atoms with E-state index in [0.717, 1.165) is 38.3 Å². The first-order valence-corrected chi connectivity index (χ1v) is 5.54. The molecule has 1 saturated carbocycles. The average Bonchev–Trinajstić information content (AvgIpc) is 2.53. The van der Waals surface area contributed by atoms with Gasteiger partial charge in [0.25, 0.3) is 0 Å². The molecule has 1 atom stereocenters. The van der Waals surface area contributed by atoms with Gasteiger partial charge in [-0.2, -0.15) is 0 Å². The molecule has 13 heavy (non-hydrogen) atoms. The molecule has 0 aromatic carbocycles. The molecule has 0 spiro atoms. The first-order chi connectivity index (χ1) is 6.27. The van der Waals surface area contributed by atoms with Crippen LogP contribution in [-0.2, 0) is 4.79 Å². The van der Waals surface area contributed by atoms with Crippen molar-refractivity contribution in [3.8, 4) is 0 Å². The van der Waals surface area contributed by atoms with Gasteiger partial charge in [0, 0.05) is 6.42 Å². The van der Waals surface area contributed by atoms with E-state index in [1.54, 1.807) is 0 Å². The molecule has 2 aliphatic rings. The Labute approximate surface area is 80.3 Å². The zero-order chi connectivity index (χ0) is 9.26. The van der Waals surface area contributed by atoms with Crippen LogP contribution in [0.25, 0.3) is 0 Å². The maximum absolute atomic E-state index is 11.5. The van der Waals surface area contributed by atoms with E-state index in [1.165, 1.54) is 12.8 Å². The summed E-state index contributed by atoms with van der Waals surface area (Å²) in [4.78, 5) is 13.9. The van der Waals surface area contributed by atoms with Crippen LogP contribution in [0.15, 0.2) is 0 Å². The molecule has 0 N–H and O–H groups in total. The molecule has 0 aromatic rings. The van der Waals surface area contributed by atoms with Crippen LogP contribution in [0.4, 0.5) is 0 Å². The maximum Gasteiger partial charge on any atom is 0.149 e. The summed E-state index contributed by atoms with van der Waals surface area (Å²) in [5.74, 6) is 1.36. The highest BCUT2D eigenvalue weighted by Crippen LogP contribution is 2.25. The minimum Gasteiger partial charge on any atom is -0.298 e. The predicted molar refractivity (Wildman–Crippen MR) is 52.6 cm³/mol. The van der Waals surface area contributed by atoms with Gasteiger partial charge in [0.15, 0.2) is 0 Å². The van der Waals surface area contributed by atoms with Crippen LogP contribution in [-0.4, -0.2) is 29.8 Å². The van der Waals surface area contributed by atoms with Crippen molar-refractivity contribution in [3.63, 3.8) is 0 Å². The Morgan fingerprint density at radius 1 is 1.23 bits per heavy atom. The number of carbonyl (C=O) groups is 1. The van der Waals surface area contributed by atoms with Crippen LogP contribution in [0, 0.1) is 5.92 Å². The van der Waals surface area contributed by atoms with Gasteiger partial charge in [0.1, 0.15) is 5.78 Å². The van der Waals surface area contributed by atoms with E-state index in [9.17, 15) is 4.79 Å². The van der Waals surface area contributed by atoms with Crippen LogP contribution >= 0.6 is 0 Å². The lowest BCUT2D eigenvalue weighted by Crippen LogP contribution is -2.43. The number of nitrogens with zero attached hydrogens (tertiary/aromatic N) is 1. The van der Waals surface area contributed by atoms with Crippen molar-refractivity contribution in [1.82, 2.24) is 4.90 Å². The fourth-order valence-electron chi connectivity index (χ4n) is 2.52. The molecule has 0 radical (unpaired) electrons. The molecule has 2 fully saturated rings. The van der Waals surface area contributed by atoms with Crippen molar-refractivity contribution in [3.05, 3.63) is 0 Å². The van der Waals surface area contributed by atoms with Crippen molar-refractivity contribution in [2.45, 2.75) is 45.1 Å². The molecule has 1 aliphatic heterocycles. The second-order valence-corrected chi connectivity index (χ2v) is 4.59. The van der Waals surface area contributed by atoms with Gasteiger partial charge in [-0.05, 0) is 44.7 Å². The van der Waals surface area contributed by atoms with Gasteiger partial charge in [0.05, 0.1) is 6.04 Å². The Hall–Kier alpha value is -0.370. The summed E-state index contributed by atoms with van der Waals surface area (Å²) in [6, 6.07) is 0.299. The van der Waals surface area contributed by atoms with Gasteiger partial charge >= 0.3 is 0 Å².